The molecule has 0 unspecified atom stereocenters. The van der Waals surface area contributed by atoms with E-state index in [4.69, 9.17) is 0 Å². The van der Waals surface area contributed by atoms with Crippen LogP contribution in [0, 0.1) is 6.92 Å². The fraction of sp³-hybridized carbons (Fsp3) is 0.833. The first-order valence-electron chi connectivity index (χ1n) is 3.39. The van der Waals surface area contributed by atoms with Crippen LogP contribution in [0.25, 0.3) is 0 Å². The SMILES string of the molecule is [CH2]CS(=O)(=O)NCCCC. The Balaban J connectivity index is 3.49. The Morgan fingerprint density at radius 1 is 1.50 bits per heavy atom. The summed E-state index contributed by atoms with van der Waals surface area (Å²) in [4.78, 5) is 0. The lowest BCUT2D eigenvalue weighted by atomic mass is 10.3. The third kappa shape index (κ3) is 4.76. The largest absolute Gasteiger partial charge is 0.215 e. The van der Waals surface area contributed by atoms with Crippen molar-refractivity contribution in [2.75, 3.05) is 12.3 Å². The molecule has 0 bridgehead atoms. The molecule has 0 spiro atoms. The van der Waals surface area contributed by atoms with Gasteiger partial charge in [0, 0.05) is 6.54 Å². The number of hydrogen-bond donors (Lipinski definition) is 1. The maximum Gasteiger partial charge on any atom is 0.211 e. The Labute approximate surface area is 62.9 Å². The molecule has 0 saturated heterocycles. The molecule has 0 aliphatic heterocycles. The summed E-state index contributed by atoms with van der Waals surface area (Å²) in [5, 5.41) is 0. The van der Waals surface area contributed by atoms with Crippen molar-refractivity contribution >= 4 is 10.0 Å². The Kier molecular flexibility index (Phi) is 4.64. The summed E-state index contributed by atoms with van der Waals surface area (Å²) in [5.74, 6) is -0.0727. The van der Waals surface area contributed by atoms with Gasteiger partial charge in [-0.25, -0.2) is 13.1 Å². The van der Waals surface area contributed by atoms with Gasteiger partial charge in [0.15, 0.2) is 0 Å². The molecule has 0 saturated carbocycles. The molecule has 61 valence electrons. The zero-order valence-electron chi connectivity index (χ0n) is 6.26. The minimum Gasteiger partial charge on any atom is -0.215 e. The van der Waals surface area contributed by atoms with Crippen LogP contribution in [0.5, 0.6) is 0 Å². The highest BCUT2D eigenvalue weighted by Crippen LogP contribution is 1.86. The van der Waals surface area contributed by atoms with Crippen LogP contribution in [0.1, 0.15) is 19.8 Å². The molecule has 0 aliphatic carbocycles. The van der Waals surface area contributed by atoms with E-state index in [9.17, 15) is 8.42 Å². The second-order valence-corrected chi connectivity index (χ2v) is 3.99. The zero-order chi connectivity index (χ0) is 8.04. The first kappa shape index (κ1) is 9.91. The van der Waals surface area contributed by atoms with Gasteiger partial charge in [-0.15, -0.1) is 0 Å². The molecule has 0 aliphatic rings. The molecule has 0 aromatic carbocycles. The lowest BCUT2D eigenvalue weighted by Crippen LogP contribution is -2.26. The third-order valence-corrected chi connectivity index (χ3v) is 2.30. The van der Waals surface area contributed by atoms with E-state index in [2.05, 4.69) is 11.6 Å². The van der Waals surface area contributed by atoms with Crippen LogP contribution in [-0.4, -0.2) is 20.7 Å². The summed E-state index contributed by atoms with van der Waals surface area (Å²) in [6, 6.07) is 0. The van der Waals surface area contributed by atoms with E-state index in [-0.39, 0.29) is 5.75 Å². The quantitative estimate of drug-likeness (QED) is 0.603. The van der Waals surface area contributed by atoms with Gasteiger partial charge in [-0.05, 0) is 13.3 Å². The molecule has 0 aromatic rings. The molecule has 0 rings (SSSR count). The summed E-state index contributed by atoms with van der Waals surface area (Å²) in [7, 11) is -3.05. The van der Waals surface area contributed by atoms with Gasteiger partial charge in [-0.1, -0.05) is 13.3 Å². The Hall–Kier alpha value is -0.0900. The highest BCUT2D eigenvalue weighted by Gasteiger charge is 2.02. The maximum atomic E-state index is 10.7. The average Bonchev–Trinajstić information content (AvgIpc) is 1.89. The molecule has 4 heteroatoms. The molecule has 0 heterocycles. The molecule has 1 N–H and O–H groups in total. The van der Waals surface area contributed by atoms with Crippen LogP contribution in [0.2, 0.25) is 0 Å². The van der Waals surface area contributed by atoms with Crippen LogP contribution in [0.4, 0.5) is 0 Å². The van der Waals surface area contributed by atoms with Gasteiger partial charge in [0.05, 0.1) is 5.75 Å². The highest BCUT2D eigenvalue weighted by atomic mass is 32.2. The van der Waals surface area contributed by atoms with Gasteiger partial charge in [0.25, 0.3) is 0 Å². The van der Waals surface area contributed by atoms with Crippen molar-refractivity contribution in [2.45, 2.75) is 19.8 Å². The summed E-state index contributed by atoms with van der Waals surface area (Å²) >= 11 is 0. The van der Waals surface area contributed by atoms with Crippen molar-refractivity contribution in [3.8, 4) is 0 Å². The first-order chi connectivity index (χ1) is 4.62. The fourth-order valence-corrected chi connectivity index (χ4v) is 1.08. The topological polar surface area (TPSA) is 46.2 Å². The molecule has 1 radical (unpaired) electrons. The van der Waals surface area contributed by atoms with Crippen LogP contribution in [-0.2, 0) is 10.0 Å². The lowest BCUT2D eigenvalue weighted by Gasteiger charge is -2.01. The van der Waals surface area contributed by atoms with E-state index < -0.39 is 10.0 Å². The van der Waals surface area contributed by atoms with Crippen LogP contribution in [0.3, 0.4) is 0 Å². The maximum absolute atomic E-state index is 10.7. The van der Waals surface area contributed by atoms with Crippen LogP contribution >= 0.6 is 0 Å². The average molecular weight is 164 g/mol. The van der Waals surface area contributed by atoms with Gasteiger partial charge in [-0.3, -0.25) is 0 Å². The highest BCUT2D eigenvalue weighted by molar-refractivity contribution is 7.89. The number of unbranched alkanes of at least 4 members (excludes halogenated alkanes) is 1. The summed E-state index contributed by atoms with van der Waals surface area (Å²) < 4.78 is 23.8. The molecule has 0 atom stereocenters. The molecule has 0 fully saturated rings. The summed E-state index contributed by atoms with van der Waals surface area (Å²) in [6.45, 7) is 5.83. The first-order valence-corrected chi connectivity index (χ1v) is 5.04. The second kappa shape index (κ2) is 4.68. The van der Waals surface area contributed by atoms with Crippen molar-refractivity contribution in [1.82, 2.24) is 4.72 Å². The molecular formula is C6H14NO2S. The van der Waals surface area contributed by atoms with Crippen molar-refractivity contribution < 1.29 is 8.42 Å². The minimum atomic E-state index is -3.05. The monoisotopic (exact) mass is 164 g/mol. The van der Waals surface area contributed by atoms with Gasteiger partial charge in [0.2, 0.25) is 10.0 Å². The van der Waals surface area contributed by atoms with Crippen molar-refractivity contribution in [1.29, 1.82) is 0 Å². The smallest absolute Gasteiger partial charge is 0.211 e. The summed E-state index contributed by atoms with van der Waals surface area (Å²) in [5.41, 5.74) is 0. The van der Waals surface area contributed by atoms with Crippen molar-refractivity contribution in [2.24, 2.45) is 0 Å². The number of hydrogen-bond acceptors (Lipinski definition) is 2. The molecular weight excluding hydrogens is 150 g/mol. The normalized spacial score (nSPS) is 11.8. The predicted molar refractivity (Wildman–Crippen MR) is 42.1 cm³/mol. The van der Waals surface area contributed by atoms with Gasteiger partial charge in [-0.2, -0.15) is 0 Å². The second-order valence-electron chi connectivity index (χ2n) is 2.07. The van der Waals surface area contributed by atoms with E-state index in [1.807, 2.05) is 6.92 Å². The fourth-order valence-electron chi connectivity index (χ4n) is 0.477. The summed E-state index contributed by atoms with van der Waals surface area (Å²) in [6.07, 6.45) is 1.89. The van der Waals surface area contributed by atoms with Crippen molar-refractivity contribution in [3.63, 3.8) is 0 Å². The number of sulfonamides is 1. The van der Waals surface area contributed by atoms with Crippen LogP contribution in [0.15, 0.2) is 0 Å². The minimum absolute atomic E-state index is 0.0727. The number of nitrogens with one attached hydrogen (secondary N) is 1. The number of rotatable bonds is 5. The zero-order valence-corrected chi connectivity index (χ0v) is 7.08. The van der Waals surface area contributed by atoms with Gasteiger partial charge < -0.3 is 0 Å². The Morgan fingerprint density at radius 3 is 2.50 bits per heavy atom. The lowest BCUT2D eigenvalue weighted by molar-refractivity contribution is 0.581. The molecule has 10 heavy (non-hydrogen) atoms. The van der Waals surface area contributed by atoms with Gasteiger partial charge in [0.1, 0.15) is 0 Å². The van der Waals surface area contributed by atoms with Crippen LogP contribution < -0.4 is 4.72 Å². The van der Waals surface area contributed by atoms with Gasteiger partial charge >= 0.3 is 0 Å². The molecule has 0 amide bonds. The molecule has 0 aromatic heterocycles. The van der Waals surface area contributed by atoms with E-state index in [1.165, 1.54) is 0 Å². The van der Waals surface area contributed by atoms with Crippen molar-refractivity contribution in [3.05, 3.63) is 6.92 Å². The van der Waals surface area contributed by atoms with E-state index in [0.717, 1.165) is 12.8 Å². The van der Waals surface area contributed by atoms with E-state index in [1.54, 1.807) is 0 Å². The predicted octanol–water partition coefficient (Wildman–Crippen LogP) is 0.540. The Bertz CT molecular complexity index is 163. The standard InChI is InChI=1S/C6H14NO2S/c1-3-5-6-7-10(8,9)4-2/h7H,2-6H2,1H3. The van der Waals surface area contributed by atoms with E-state index >= 15 is 0 Å². The molecule has 3 nitrogen and oxygen atoms in total. The van der Waals surface area contributed by atoms with E-state index in [0.29, 0.717) is 6.54 Å². The third-order valence-electron chi connectivity index (χ3n) is 1.12. The Morgan fingerprint density at radius 2 is 2.10 bits per heavy atom.